The molecule has 226 valence electrons. The summed E-state index contributed by atoms with van der Waals surface area (Å²) < 4.78 is 44.8. The number of aromatic amines is 2. The molecule has 0 bridgehead atoms. The third-order valence-electron chi connectivity index (χ3n) is 7.68. The smallest absolute Gasteiger partial charge is 0.330 e. The lowest BCUT2D eigenvalue weighted by atomic mass is 9.91. The van der Waals surface area contributed by atoms with Crippen molar-refractivity contribution >= 4 is 32.8 Å². The Morgan fingerprint density at radius 1 is 1.02 bits per heavy atom. The maximum absolute atomic E-state index is 14.8. The molecular weight excluding hydrogens is 587 g/mol. The van der Waals surface area contributed by atoms with Gasteiger partial charge in [-0.15, -0.1) is 0 Å². The summed E-state index contributed by atoms with van der Waals surface area (Å²) in [5.74, 6) is -0.766. The molecule has 0 aliphatic heterocycles. The van der Waals surface area contributed by atoms with Gasteiger partial charge in [0.2, 0.25) is 5.91 Å². The number of hydrogen-bond donors (Lipinski definition) is 4. The van der Waals surface area contributed by atoms with Gasteiger partial charge in [-0.3, -0.25) is 23.9 Å². The van der Waals surface area contributed by atoms with Crippen LogP contribution >= 0.6 is 0 Å². The maximum Gasteiger partial charge on any atom is 0.330 e. The topological polar surface area (TPSA) is 173 Å². The second-order valence-corrected chi connectivity index (χ2v) is 12.7. The number of aromatic nitrogens is 4. The number of H-pyrrole nitrogens is 2. The Bertz CT molecular complexity index is 2080. The Balaban J connectivity index is 1.33. The monoisotopic (exact) mass is 616 g/mol. The summed E-state index contributed by atoms with van der Waals surface area (Å²) >= 11 is 0. The van der Waals surface area contributed by atoms with Gasteiger partial charge in [-0.05, 0) is 72.2 Å². The number of amides is 1. The van der Waals surface area contributed by atoms with E-state index in [1.54, 1.807) is 42.5 Å². The van der Waals surface area contributed by atoms with E-state index < -0.39 is 38.9 Å². The number of imidazole rings is 1. The quantitative estimate of drug-likeness (QED) is 0.177. The summed E-state index contributed by atoms with van der Waals surface area (Å²) in [6.45, 7) is 0.442. The van der Waals surface area contributed by atoms with Crippen LogP contribution in [0.3, 0.4) is 0 Å². The van der Waals surface area contributed by atoms with Crippen molar-refractivity contribution in [1.82, 2.24) is 19.5 Å². The first-order valence-corrected chi connectivity index (χ1v) is 15.5. The second kappa shape index (κ2) is 11.6. The largest absolute Gasteiger partial charge is 0.369 e. The summed E-state index contributed by atoms with van der Waals surface area (Å²) in [5, 5.41) is 0. The van der Waals surface area contributed by atoms with Gasteiger partial charge < -0.3 is 10.7 Å². The van der Waals surface area contributed by atoms with Crippen LogP contribution in [0, 0.1) is 11.7 Å². The van der Waals surface area contributed by atoms with Crippen LogP contribution in [-0.2, 0) is 34.2 Å². The van der Waals surface area contributed by atoms with Crippen molar-refractivity contribution in [2.24, 2.45) is 11.7 Å². The van der Waals surface area contributed by atoms with Crippen molar-refractivity contribution in [3.63, 3.8) is 0 Å². The molecule has 1 fully saturated rings. The molecule has 0 saturated heterocycles. The van der Waals surface area contributed by atoms with Crippen LogP contribution < -0.4 is 21.7 Å². The van der Waals surface area contributed by atoms with Gasteiger partial charge in [0, 0.05) is 18.2 Å². The zero-order chi connectivity index (χ0) is 31.0. The molecule has 1 amide bonds. The van der Waals surface area contributed by atoms with Crippen molar-refractivity contribution in [2.75, 3.05) is 4.72 Å². The number of rotatable bonds is 11. The third kappa shape index (κ3) is 6.18. The molecule has 2 heterocycles. The van der Waals surface area contributed by atoms with Gasteiger partial charge in [0.1, 0.15) is 17.2 Å². The van der Waals surface area contributed by atoms with Crippen LogP contribution in [0.15, 0.2) is 87.3 Å². The van der Waals surface area contributed by atoms with E-state index in [2.05, 4.69) is 19.7 Å². The zero-order valence-corrected chi connectivity index (χ0v) is 24.2. The van der Waals surface area contributed by atoms with Crippen LogP contribution in [0.5, 0.6) is 0 Å². The number of nitrogens with two attached hydrogens (primary N) is 1. The van der Waals surface area contributed by atoms with Gasteiger partial charge >= 0.3 is 5.69 Å². The van der Waals surface area contributed by atoms with E-state index in [0.717, 1.165) is 12.8 Å². The van der Waals surface area contributed by atoms with E-state index in [1.165, 1.54) is 34.9 Å². The zero-order valence-electron chi connectivity index (χ0n) is 23.4. The summed E-state index contributed by atoms with van der Waals surface area (Å²) in [6.07, 6.45) is 2.18. The molecule has 1 saturated carbocycles. The second-order valence-electron chi connectivity index (χ2n) is 11.0. The predicted octanol–water partition coefficient (Wildman–Crippen LogP) is 3.17. The SMILES string of the molecule is NC(=O)Cc1ccc(S(=O)(=O)Nc2ccc(C(Cc3ccccc3F)c3nc4c([nH]3)c(=O)[nH]c(=O)n4CC3CC3)cc2)cc1. The van der Waals surface area contributed by atoms with Crippen molar-refractivity contribution < 1.29 is 17.6 Å². The van der Waals surface area contributed by atoms with E-state index in [9.17, 15) is 27.2 Å². The Morgan fingerprint density at radius 3 is 2.39 bits per heavy atom. The number of nitrogens with one attached hydrogen (secondary N) is 3. The molecule has 44 heavy (non-hydrogen) atoms. The van der Waals surface area contributed by atoms with Crippen LogP contribution in [0.2, 0.25) is 0 Å². The molecule has 1 atom stereocenters. The lowest BCUT2D eigenvalue weighted by molar-refractivity contribution is -0.117. The Labute approximate surface area is 251 Å². The van der Waals surface area contributed by atoms with Crippen LogP contribution in [0.4, 0.5) is 10.1 Å². The molecule has 2 aromatic heterocycles. The molecule has 1 unspecified atom stereocenters. The lowest BCUT2D eigenvalue weighted by Gasteiger charge is -2.17. The fourth-order valence-corrected chi connectivity index (χ4v) is 6.25. The molecule has 13 heteroatoms. The molecular formula is C31H29FN6O5S. The number of carbonyl (C=O) groups is 1. The number of fused-ring (bicyclic) bond motifs is 1. The van der Waals surface area contributed by atoms with Crippen molar-refractivity contribution in [2.45, 2.75) is 43.0 Å². The van der Waals surface area contributed by atoms with E-state index in [-0.39, 0.29) is 28.9 Å². The molecule has 11 nitrogen and oxygen atoms in total. The summed E-state index contributed by atoms with van der Waals surface area (Å²) in [4.78, 5) is 46.6. The number of halogens is 1. The van der Waals surface area contributed by atoms with Gasteiger partial charge in [-0.1, -0.05) is 42.5 Å². The van der Waals surface area contributed by atoms with Gasteiger partial charge in [0.15, 0.2) is 5.65 Å². The molecule has 5 N–H and O–H groups in total. The van der Waals surface area contributed by atoms with Gasteiger partial charge in [-0.25, -0.2) is 22.6 Å². The Kier molecular flexibility index (Phi) is 7.64. The van der Waals surface area contributed by atoms with Gasteiger partial charge in [-0.2, -0.15) is 0 Å². The van der Waals surface area contributed by atoms with Crippen LogP contribution in [0.1, 0.15) is 41.3 Å². The number of primary amides is 1. The first-order valence-electron chi connectivity index (χ1n) is 14.0. The fraction of sp³-hybridized carbons (Fsp3) is 0.226. The third-order valence-corrected chi connectivity index (χ3v) is 9.08. The number of carbonyl (C=O) groups excluding carboxylic acids is 1. The highest BCUT2D eigenvalue weighted by Gasteiger charge is 2.27. The van der Waals surface area contributed by atoms with E-state index in [0.29, 0.717) is 40.7 Å². The Morgan fingerprint density at radius 2 is 1.73 bits per heavy atom. The minimum absolute atomic E-state index is 0.00144. The van der Waals surface area contributed by atoms with E-state index in [1.807, 2.05) is 0 Å². The average Bonchev–Trinajstić information content (AvgIpc) is 3.70. The highest BCUT2D eigenvalue weighted by Crippen LogP contribution is 2.32. The predicted molar refractivity (Wildman–Crippen MR) is 162 cm³/mol. The highest BCUT2D eigenvalue weighted by molar-refractivity contribution is 7.92. The summed E-state index contributed by atoms with van der Waals surface area (Å²) in [5.41, 5.74) is 6.47. The number of hydrogen-bond acceptors (Lipinski definition) is 6. The molecule has 1 aliphatic rings. The maximum atomic E-state index is 14.8. The number of nitrogens with zero attached hydrogens (tertiary/aromatic N) is 2. The molecule has 3 aromatic carbocycles. The van der Waals surface area contributed by atoms with Gasteiger partial charge in [0.25, 0.3) is 15.6 Å². The number of sulfonamides is 1. The number of benzene rings is 3. The fourth-order valence-electron chi connectivity index (χ4n) is 5.19. The highest BCUT2D eigenvalue weighted by atomic mass is 32.2. The molecule has 6 rings (SSSR count). The molecule has 5 aromatic rings. The molecule has 0 radical (unpaired) electrons. The Hall–Kier alpha value is -5.04. The van der Waals surface area contributed by atoms with E-state index >= 15 is 0 Å². The summed E-state index contributed by atoms with van der Waals surface area (Å²) in [6, 6.07) is 18.8. The minimum Gasteiger partial charge on any atom is -0.369 e. The van der Waals surface area contributed by atoms with E-state index in [4.69, 9.17) is 5.73 Å². The normalized spacial score (nSPS) is 14.0. The lowest BCUT2D eigenvalue weighted by Crippen LogP contribution is -2.30. The van der Waals surface area contributed by atoms with Crippen molar-refractivity contribution in [1.29, 1.82) is 0 Å². The number of anilines is 1. The van der Waals surface area contributed by atoms with Gasteiger partial charge in [0.05, 0.1) is 11.3 Å². The minimum atomic E-state index is -3.94. The van der Waals surface area contributed by atoms with Crippen molar-refractivity contribution in [3.05, 3.63) is 122 Å². The average molecular weight is 617 g/mol. The van der Waals surface area contributed by atoms with Crippen LogP contribution in [0.25, 0.3) is 11.2 Å². The first kappa shape index (κ1) is 29.1. The van der Waals surface area contributed by atoms with Crippen molar-refractivity contribution in [3.8, 4) is 0 Å². The molecule has 1 aliphatic carbocycles. The van der Waals surface area contributed by atoms with Crippen LogP contribution in [-0.4, -0.2) is 33.8 Å². The first-order chi connectivity index (χ1) is 21.1. The standard InChI is InChI=1S/C31H29FN6O5S/c32-25-4-2-1-3-21(25)16-24(28-34-27-29(35-28)38(17-19-5-6-19)31(41)36-30(27)40)20-9-11-22(12-10-20)37-44(42,43)23-13-7-18(8-14-23)15-26(33)39/h1-4,7-14,19,24,37H,5-6,15-17H2,(H2,33,39)(H,34,35)(H,36,40,41). The molecule has 0 spiro atoms. The summed E-state index contributed by atoms with van der Waals surface area (Å²) in [7, 11) is -3.94.